The molecular weight excluding hydrogens is 226 g/mol. The van der Waals surface area contributed by atoms with E-state index in [1.54, 1.807) is 12.1 Å². The molecule has 0 saturated carbocycles. The molecular formula is C15H13NO2. The fourth-order valence-electron chi connectivity index (χ4n) is 2.81. The number of nitrogens with zero attached hydrogens (tertiary/aromatic N) is 1. The first-order valence-electron chi connectivity index (χ1n) is 5.90. The summed E-state index contributed by atoms with van der Waals surface area (Å²) in [6.07, 6.45) is 0. The molecule has 3 heteroatoms. The van der Waals surface area contributed by atoms with Gasteiger partial charge in [-0.15, -0.1) is 0 Å². The Labute approximate surface area is 105 Å². The second kappa shape index (κ2) is 3.42. The van der Waals surface area contributed by atoms with Crippen molar-refractivity contribution in [1.29, 1.82) is 0 Å². The van der Waals surface area contributed by atoms with Crippen LogP contribution in [0.5, 0.6) is 0 Å². The second-order valence-electron chi connectivity index (χ2n) is 5.16. The standard InChI is InChI=1S/C15H13NO2/c1-15(2)13-6-4-3-5-11(13)12-8-7-10(16(17)18)9-14(12)15/h3-9H,1-2H3. The van der Waals surface area contributed by atoms with Crippen LogP contribution in [0.1, 0.15) is 25.0 Å². The highest BCUT2D eigenvalue weighted by molar-refractivity contribution is 5.81. The fraction of sp³-hybridized carbons (Fsp3) is 0.200. The molecule has 1 aliphatic carbocycles. The van der Waals surface area contributed by atoms with E-state index < -0.39 is 0 Å². The molecule has 2 aromatic carbocycles. The van der Waals surface area contributed by atoms with Gasteiger partial charge in [0.05, 0.1) is 4.92 Å². The van der Waals surface area contributed by atoms with Gasteiger partial charge in [-0.3, -0.25) is 10.1 Å². The van der Waals surface area contributed by atoms with Crippen molar-refractivity contribution in [1.82, 2.24) is 0 Å². The largest absolute Gasteiger partial charge is 0.269 e. The van der Waals surface area contributed by atoms with Crippen LogP contribution in [-0.2, 0) is 5.41 Å². The highest BCUT2D eigenvalue weighted by Gasteiger charge is 2.36. The lowest BCUT2D eigenvalue weighted by molar-refractivity contribution is -0.384. The van der Waals surface area contributed by atoms with Crippen LogP contribution in [0.25, 0.3) is 11.1 Å². The Balaban J connectivity index is 2.31. The Bertz CT molecular complexity index is 659. The smallest absolute Gasteiger partial charge is 0.258 e. The Morgan fingerprint density at radius 3 is 2.39 bits per heavy atom. The van der Waals surface area contributed by atoms with Gasteiger partial charge in [0.15, 0.2) is 0 Å². The summed E-state index contributed by atoms with van der Waals surface area (Å²) >= 11 is 0. The second-order valence-corrected chi connectivity index (χ2v) is 5.16. The minimum absolute atomic E-state index is 0.162. The third-order valence-electron chi connectivity index (χ3n) is 3.78. The average Bonchev–Trinajstić information content (AvgIpc) is 2.59. The quantitative estimate of drug-likeness (QED) is 0.559. The Morgan fingerprint density at radius 1 is 1.00 bits per heavy atom. The first kappa shape index (κ1) is 11.0. The first-order valence-corrected chi connectivity index (χ1v) is 5.90. The van der Waals surface area contributed by atoms with Crippen molar-refractivity contribution < 1.29 is 4.92 Å². The van der Waals surface area contributed by atoms with Gasteiger partial charge in [-0.05, 0) is 28.3 Å². The summed E-state index contributed by atoms with van der Waals surface area (Å²) < 4.78 is 0. The van der Waals surface area contributed by atoms with Gasteiger partial charge in [0.1, 0.15) is 0 Å². The van der Waals surface area contributed by atoms with Crippen molar-refractivity contribution in [3.05, 3.63) is 63.7 Å². The Hall–Kier alpha value is -2.16. The van der Waals surface area contributed by atoms with Crippen LogP contribution < -0.4 is 0 Å². The molecule has 0 amide bonds. The van der Waals surface area contributed by atoms with Crippen molar-refractivity contribution in [2.45, 2.75) is 19.3 Å². The summed E-state index contributed by atoms with van der Waals surface area (Å²) in [6, 6.07) is 13.3. The zero-order chi connectivity index (χ0) is 12.9. The van der Waals surface area contributed by atoms with Crippen LogP contribution in [0, 0.1) is 10.1 Å². The van der Waals surface area contributed by atoms with Crippen molar-refractivity contribution in [2.24, 2.45) is 0 Å². The molecule has 90 valence electrons. The van der Waals surface area contributed by atoms with Gasteiger partial charge in [-0.2, -0.15) is 0 Å². The molecule has 0 N–H and O–H groups in total. The maximum Gasteiger partial charge on any atom is 0.269 e. The number of hydrogen-bond acceptors (Lipinski definition) is 2. The predicted molar refractivity (Wildman–Crippen MR) is 70.7 cm³/mol. The van der Waals surface area contributed by atoms with Gasteiger partial charge >= 0.3 is 0 Å². The first-order chi connectivity index (χ1) is 8.51. The van der Waals surface area contributed by atoms with Crippen LogP contribution in [0.3, 0.4) is 0 Å². The van der Waals surface area contributed by atoms with Crippen LogP contribution >= 0.6 is 0 Å². The van der Waals surface area contributed by atoms with Crippen molar-refractivity contribution in [3.63, 3.8) is 0 Å². The number of fused-ring (bicyclic) bond motifs is 3. The van der Waals surface area contributed by atoms with Gasteiger partial charge in [-0.25, -0.2) is 0 Å². The lowest BCUT2D eigenvalue weighted by atomic mass is 9.82. The molecule has 2 aromatic rings. The normalized spacial score (nSPS) is 15.0. The maximum absolute atomic E-state index is 10.9. The lowest BCUT2D eigenvalue weighted by Crippen LogP contribution is -2.15. The molecule has 0 saturated heterocycles. The van der Waals surface area contributed by atoms with E-state index in [9.17, 15) is 10.1 Å². The van der Waals surface area contributed by atoms with E-state index in [0.717, 1.165) is 11.1 Å². The van der Waals surface area contributed by atoms with E-state index in [-0.39, 0.29) is 16.0 Å². The van der Waals surface area contributed by atoms with E-state index in [2.05, 4.69) is 26.0 Å². The molecule has 1 aliphatic rings. The number of nitro groups is 1. The zero-order valence-corrected chi connectivity index (χ0v) is 10.3. The minimum Gasteiger partial charge on any atom is -0.258 e. The highest BCUT2D eigenvalue weighted by atomic mass is 16.6. The van der Waals surface area contributed by atoms with E-state index in [0.29, 0.717) is 0 Å². The molecule has 3 rings (SSSR count). The van der Waals surface area contributed by atoms with Crippen LogP contribution in [0.4, 0.5) is 5.69 Å². The monoisotopic (exact) mass is 239 g/mol. The van der Waals surface area contributed by atoms with Gasteiger partial charge in [-0.1, -0.05) is 38.1 Å². The lowest BCUT2D eigenvalue weighted by Gasteiger charge is -2.20. The molecule has 3 nitrogen and oxygen atoms in total. The molecule has 0 fully saturated rings. The number of rotatable bonds is 1. The Morgan fingerprint density at radius 2 is 1.67 bits per heavy atom. The van der Waals surface area contributed by atoms with Crippen LogP contribution in [-0.4, -0.2) is 4.92 Å². The van der Waals surface area contributed by atoms with Crippen molar-refractivity contribution in [2.75, 3.05) is 0 Å². The van der Waals surface area contributed by atoms with E-state index in [1.807, 2.05) is 18.2 Å². The number of benzene rings is 2. The fourth-order valence-corrected chi connectivity index (χ4v) is 2.81. The third-order valence-corrected chi connectivity index (χ3v) is 3.78. The number of hydrogen-bond donors (Lipinski definition) is 0. The van der Waals surface area contributed by atoms with Crippen LogP contribution in [0.15, 0.2) is 42.5 Å². The van der Waals surface area contributed by atoms with Crippen molar-refractivity contribution >= 4 is 5.69 Å². The maximum atomic E-state index is 10.9. The van der Waals surface area contributed by atoms with Crippen molar-refractivity contribution in [3.8, 4) is 11.1 Å². The summed E-state index contributed by atoms with van der Waals surface area (Å²) in [4.78, 5) is 10.6. The zero-order valence-electron chi connectivity index (χ0n) is 10.3. The third kappa shape index (κ3) is 1.30. The molecule has 0 heterocycles. The molecule has 0 aliphatic heterocycles. The highest BCUT2D eigenvalue weighted by Crippen LogP contribution is 2.49. The Kier molecular flexibility index (Phi) is 2.08. The molecule has 0 bridgehead atoms. The van der Waals surface area contributed by atoms with Crippen LogP contribution in [0.2, 0.25) is 0 Å². The molecule has 0 spiro atoms. The number of nitro benzene ring substituents is 1. The SMILES string of the molecule is CC1(C)c2ccccc2-c2ccc([N+](=O)[O-])cc21. The summed E-state index contributed by atoms with van der Waals surface area (Å²) in [5, 5.41) is 10.9. The predicted octanol–water partition coefficient (Wildman–Crippen LogP) is 3.90. The van der Waals surface area contributed by atoms with E-state index in [1.165, 1.54) is 11.1 Å². The minimum atomic E-state index is -0.334. The van der Waals surface area contributed by atoms with Gasteiger partial charge in [0, 0.05) is 17.5 Å². The molecule has 0 radical (unpaired) electrons. The summed E-state index contributed by atoms with van der Waals surface area (Å²) in [5.41, 5.74) is 4.57. The molecule has 0 atom stereocenters. The van der Waals surface area contributed by atoms with Gasteiger partial charge in [0.25, 0.3) is 5.69 Å². The number of non-ortho nitro benzene ring substituents is 1. The van der Waals surface area contributed by atoms with Gasteiger partial charge in [0.2, 0.25) is 0 Å². The molecule has 0 aromatic heterocycles. The van der Waals surface area contributed by atoms with Gasteiger partial charge < -0.3 is 0 Å². The van der Waals surface area contributed by atoms with E-state index >= 15 is 0 Å². The summed E-state index contributed by atoms with van der Waals surface area (Å²) in [6.45, 7) is 4.22. The summed E-state index contributed by atoms with van der Waals surface area (Å²) in [5.74, 6) is 0. The summed E-state index contributed by atoms with van der Waals surface area (Å²) in [7, 11) is 0. The molecule has 0 unspecified atom stereocenters. The topological polar surface area (TPSA) is 43.1 Å². The van der Waals surface area contributed by atoms with E-state index in [4.69, 9.17) is 0 Å². The molecule has 18 heavy (non-hydrogen) atoms. The average molecular weight is 239 g/mol.